The molecule has 0 saturated heterocycles. The maximum absolute atomic E-state index is 11.7. The van der Waals surface area contributed by atoms with Gasteiger partial charge in [-0.2, -0.15) is 5.10 Å². The summed E-state index contributed by atoms with van der Waals surface area (Å²) < 4.78 is 10.7. The quantitative estimate of drug-likeness (QED) is 0.635. The van der Waals surface area contributed by atoms with Crippen LogP contribution in [-0.2, 0) is 0 Å². The molecule has 6 heteroatoms. The van der Waals surface area contributed by atoms with Crippen molar-refractivity contribution in [2.24, 2.45) is 5.10 Å². The summed E-state index contributed by atoms with van der Waals surface area (Å²) in [4.78, 5) is 11.7. The molecule has 0 bridgehead atoms. The van der Waals surface area contributed by atoms with Crippen molar-refractivity contribution in [3.05, 3.63) is 54.1 Å². The largest absolute Gasteiger partial charge is 0.493 e. The second-order valence-corrected chi connectivity index (χ2v) is 4.53. The second kappa shape index (κ2) is 8.43. The van der Waals surface area contributed by atoms with Crippen LogP contribution in [0.25, 0.3) is 0 Å². The van der Waals surface area contributed by atoms with E-state index >= 15 is 0 Å². The molecule has 2 aromatic carbocycles. The predicted molar refractivity (Wildman–Crippen MR) is 90.4 cm³/mol. The first-order chi connectivity index (χ1) is 11.2. The highest BCUT2D eigenvalue weighted by Gasteiger charge is 2.04. The highest BCUT2D eigenvalue weighted by Crippen LogP contribution is 2.27. The van der Waals surface area contributed by atoms with Crippen molar-refractivity contribution in [1.82, 2.24) is 5.43 Å². The maximum atomic E-state index is 11.7. The normalized spacial score (nSPS) is 10.3. The maximum Gasteiger partial charge on any atom is 0.339 e. The van der Waals surface area contributed by atoms with Crippen molar-refractivity contribution in [3.8, 4) is 11.5 Å². The van der Waals surface area contributed by atoms with Gasteiger partial charge in [-0.15, -0.1) is 0 Å². The van der Waals surface area contributed by atoms with Gasteiger partial charge in [-0.25, -0.2) is 10.2 Å². The fourth-order valence-electron chi connectivity index (χ4n) is 1.89. The molecule has 0 radical (unpaired) electrons. The zero-order chi connectivity index (χ0) is 16.5. The first kappa shape index (κ1) is 16.4. The topological polar surface area (TPSA) is 72.0 Å². The van der Waals surface area contributed by atoms with E-state index in [1.165, 1.54) is 6.21 Å². The number of carbonyl (C=O) groups excluding carboxylic acids is 1. The molecule has 0 aliphatic rings. The average molecular weight is 313 g/mol. The molecule has 2 aromatic rings. The van der Waals surface area contributed by atoms with E-state index in [2.05, 4.69) is 15.8 Å². The van der Waals surface area contributed by atoms with Crippen LogP contribution in [0.2, 0.25) is 0 Å². The van der Waals surface area contributed by atoms with E-state index in [4.69, 9.17) is 9.47 Å². The number of nitrogens with one attached hydrogen (secondary N) is 2. The summed E-state index contributed by atoms with van der Waals surface area (Å²) in [6, 6.07) is 14.1. The Bertz CT molecular complexity index is 672. The molecule has 23 heavy (non-hydrogen) atoms. The van der Waals surface area contributed by atoms with Crippen LogP contribution in [0.4, 0.5) is 10.5 Å². The Morgan fingerprint density at radius 3 is 2.65 bits per heavy atom. The molecule has 0 aliphatic carbocycles. The highest BCUT2D eigenvalue weighted by atomic mass is 16.5. The summed E-state index contributed by atoms with van der Waals surface area (Å²) in [6.07, 6.45) is 1.53. The number of methoxy groups -OCH3 is 1. The molecular weight excluding hydrogens is 294 g/mol. The van der Waals surface area contributed by atoms with Crippen LogP contribution in [0.1, 0.15) is 12.5 Å². The zero-order valence-corrected chi connectivity index (χ0v) is 13.1. The van der Waals surface area contributed by atoms with Gasteiger partial charge in [0, 0.05) is 5.69 Å². The molecule has 0 heterocycles. The van der Waals surface area contributed by atoms with E-state index in [1.54, 1.807) is 31.4 Å². The third-order valence-corrected chi connectivity index (χ3v) is 2.90. The molecule has 0 aromatic heterocycles. The van der Waals surface area contributed by atoms with Gasteiger partial charge in [0.2, 0.25) is 0 Å². The van der Waals surface area contributed by atoms with E-state index in [9.17, 15) is 4.79 Å². The number of hydrogen-bond acceptors (Lipinski definition) is 4. The summed E-state index contributed by atoms with van der Waals surface area (Å²) in [5, 5.41) is 6.57. The first-order valence-corrected chi connectivity index (χ1v) is 7.19. The van der Waals surface area contributed by atoms with Gasteiger partial charge >= 0.3 is 6.03 Å². The Balaban J connectivity index is 1.93. The van der Waals surface area contributed by atoms with Gasteiger partial charge < -0.3 is 14.8 Å². The molecule has 0 aliphatic heterocycles. The SMILES string of the molecule is CCOc1ccc(/C=N/NC(=O)Nc2ccccc2)cc1OC. The van der Waals surface area contributed by atoms with Crippen LogP contribution >= 0.6 is 0 Å². The van der Waals surface area contributed by atoms with Gasteiger partial charge in [0.1, 0.15) is 0 Å². The first-order valence-electron chi connectivity index (χ1n) is 7.19. The second-order valence-electron chi connectivity index (χ2n) is 4.53. The number of urea groups is 1. The fourth-order valence-corrected chi connectivity index (χ4v) is 1.89. The summed E-state index contributed by atoms with van der Waals surface area (Å²) >= 11 is 0. The minimum atomic E-state index is -0.412. The number of nitrogens with zero attached hydrogens (tertiary/aromatic N) is 1. The van der Waals surface area contributed by atoms with E-state index in [0.717, 1.165) is 5.56 Å². The van der Waals surface area contributed by atoms with Gasteiger partial charge in [0.25, 0.3) is 0 Å². The number of anilines is 1. The Labute approximate surface area is 135 Å². The predicted octanol–water partition coefficient (Wildman–Crippen LogP) is 3.25. The molecule has 0 spiro atoms. The van der Waals surface area contributed by atoms with Crippen molar-refractivity contribution < 1.29 is 14.3 Å². The smallest absolute Gasteiger partial charge is 0.339 e. The lowest BCUT2D eigenvalue weighted by atomic mass is 10.2. The molecular formula is C17H19N3O3. The molecule has 2 amide bonds. The number of hydrogen-bond donors (Lipinski definition) is 2. The fraction of sp³-hybridized carbons (Fsp3) is 0.176. The van der Waals surface area contributed by atoms with E-state index in [1.807, 2.05) is 31.2 Å². The van der Waals surface area contributed by atoms with Gasteiger partial charge in [-0.1, -0.05) is 18.2 Å². The van der Waals surface area contributed by atoms with Gasteiger partial charge in [0.05, 0.1) is 19.9 Å². The van der Waals surface area contributed by atoms with E-state index in [0.29, 0.717) is 23.8 Å². The molecule has 0 saturated carbocycles. The number of rotatable bonds is 6. The number of para-hydroxylation sites is 1. The summed E-state index contributed by atoms with van der Waals surface area (Å²) in [5.41, 5.74) is 3.88. The Hall–Kier alpha value is -3.02. The van der Waals surface area contributed by atoms with Crippen LogP contribution < -0.4 is 20.2 Å². The third kappa shape index (κ3) is 5.03. The van der Waals surface area contributed by atoms with Gasteiger partial charge in [-0.3, -0.25) is 0 Å². The monoisotopic (exact) mass is 313 g/mol. The number of carbonyl (C=O) groups is 1. The number of amides is 2. The van der Waals surface area contributed by atoms with Crippen molar-refractivity contribution in [2.45, 2.75) is 6.92 Å². The highest BCUT2D eigenvalue weighted by molar-refractivity contribution is 5.90. The van der Waals surface area contributed by atoms with Crippen LogP contribution in [0.5, 0.6) is 11.5 Å². The van der Waals surface area contributed by atoms with Crippen LogP contribution in [-0.4, -0.2) is 26.0 Å². The molecule has 0 fully saturated rings. The van der Waals surface area contributed by atoms with Gasteiger partial charge in [-0.05, 0) is 42.8 Å². The van der Waals surface area contributed by atoms with Crippen molar-refractivity contribution in [3.63, 3.8) is 0 Å². The summed E-state index contributed by atoms with van der Waals surface area (Å²) in [5.74, 6) is 1.28. The number of benzene rings is 2. The van der Waals surface area contributed by atoms with Crippen molar-refractivity contribution in [1.29, 1.82) is 0 Å². The van der Waals surface area contributed by atoms with Crippen molar-refractivity contribution in [2.75, 3.05) is 19.0 Å². The van der Waals surface area contributed by atoms with Crippen LogP contribution in [0.15, 0.2) is 53.6 Å². The summed E-state index contributed by atoms with van der Waals surface area (Å²) in [7, 11) is 1.57. The Morgan fingerprint density at radius 2 is 1.96 bits per heavy atom. The molecule has 120 valence electrons. The molecule has 2 N–H and O–H groups in total. The average Bonchev–Trinajstić information content (AvgIpc) is 2.57. The molecule has 6 nitrogen and oxygen atoms in total. The zero-order valence-electron chi connectivity index (χ0n) is 13.1. The van der Waals surface area contributed by atoms with E-state index < -0.39 is 6.03 Å². The van der Waals surface area contributed by atoms with Crippen molar-refractivity contribution >= 4 is 17.9 Å². The number of hydrazone groups is 1. The lowest BCUT2D eigenvalue weighted by Crippen LogP contribution is -2.24. The van der Waals surface area contributed by atoms with Gasteiger partial charge in [0.15, 0.2) is 11.5 Å². The Morgan fingerprint density at radius 1 is 1.17 bits per heavy atom. The molecule has 0 unspecified atom stereocenters. The molecule has 0 atom stereocenters. The summed E-state index contributed by atoms with van der Waals surface area (Å²) in [6.45, 7) is 2.47. The minimum absolute atomic E-state index is 0.412. The van der Waals surface area contributed by atoms with Crippen LogP contribution in [0.3, 0.4) is 0 Å². The van der Waals surface area contributed by atoms with Crippen LogP contribution in [0, 0.1) is 0 Å². The standard InChI is InChI=1S/C17H19N3O3/c1-3-23-15-10-9-13(11-16(15)22-2)12-18-20-17(21)19-14-7-5-4-6-8-14/h4-12H,3H2,1-2H3,(H2,19,20,21)/b18-12+. The lowest BCUT2D eigenvalue weighted by molar-refractivity contribution is 0.252. The lowest BCUT2D eigenvalue weighted by Gasteiger charge is -2.09. The minimum Gasteiger partial charge on any atom is -0.493 e. The number of ether oxygens (including phenoxy) is 2. The Kier molecular flexibility index (Phi) is 5.99. The van der Waals surface area contributed by atoms with E-state index in [-0.39, 0.29) is 0 Å². The third-order valence-electron chi connectivity index (χ3n) is 2.90. The molecule has 2 rings (SSSR count).